The molecule has 3 aromatic rings. The molecule has 0 spiro atoms. The highest BCUT2D eigenvalue weighted by Crippen LogP contribution is 2.43. The van der Waals surface area contributed by atoms with Crippen molar-refractivity contribution in [3.63, 3.8) is 0 Å². The Morgan fingerprint density at radius 3 is 2.73 bits per heavy atom. The van der Waals surface area contributed by atoms with E-state index in [0.29, 0.717) is 24.0 Å². The molecule has 1 aliphatic rings. The van der Waals surface area contributed by atoms with E-state index in [0.717, 1.165) is 30.0 Å². The van der Waals surface area contributed by atoms with Gasteiger partial charge < -0.3 is 9.73 Å². The molecular formula is C23H26N4O2S. The molecule has 1 fully saturated rings. The molecular weight excluding hydrogens is 396 g/mol. The van der Waals surface area contributed by atoms with Gasteiger partial charge in [-0.1, -0.05) is 54.6 Å². The van der Waals surface area contributed by atoms with Crippen LogP contribution < -0.4 is 5.32 Å². The van der Waals surface area contributed by atoms with E-state index in [1.807, 2.05) is 23.6 Å². The van der Waals surface area contributed by atoms with Gasteiger partial charge in [0.15, 0.2) is 11.0 Å². The normalized spacial score (nSPS) is 14.8. The lowest BCUT2D eigenvalue weighted by atomic mass is 9.64. The number of amides is 1. The minimum Gasteiger partial charge on any atom is -0.469 e. The second kappa shape index (κ2) is 8.92. The number of aryl methyl sites for hydroxylation is 1. The highest BCUT2D eigenvalue weighted by molar-refractivity contribution is 7.99. The molecule has 0 radical (unpaired) electrons. The topological polar surface area (TPSA) is 73.0 Å². The van der Waals surface area contributed by atoms with E-state index >= 15 is 0 Å². The smallest absolute Gasteiger partial charge is 0.230 e. The molecule has 7 heteroatoms. The number of thioether (sulfide) groups is 1. The Morgan fingerprint density at radius 2 is 2.10 bits per heavy atom. The summed E-state index contributed by atoms with van der Waals surface area (Å²) >= 11 is 1.39. The fraction of sp³-hybridized carbons (Fsp3) is 0.348. The van der Waals surface area contributed by atoms with Gasteiger partial charge in [-0.15, -0.1) is 16.8 Å². The van der Waals surface area contributed by atoms with Gasteiger partial charge >= 0.3 is 0 Å². The van der Waals surface area contributed by atoms with Gasteiger partial charge in [0.1, 0.15) is 5.76 Å². The van der Waals surface area contributed by atoms with Crippen LogP contribution in [0.15, 0.2) is 64.9 Å². The predicted molar refractivity (Wildman–Crippen MR) is 118 cm³/mol. The van der Waals surface area contributed by atoms with Crippen LogP contribution in [-0.2, 0) is 16.8 Å². The predicted octanol–water partition coefficient (Wildman–Crippen LogP) is 4.36. The van der Waals surface area contributed by atoms with E-state index < -0.39 is 0 Å². The molecule has 0 saturated heterocycles. The molecule has 1 aliphatic carbocycles. The summed E-state index contributed by atoms with van der Waals surface area (Å²) < 4.78 is 7.36. The van der Waals surface area contributed by atoms with Crippen molar-refractivity contribution < 1.29 is 9.21 Å². The van der Waals surface area contributed by atoms with Crippen LogP contribution in [-0.4, -0.2) is 33.0 Å². The number of hydrogen-bond acceptors (Lipinski definition) is 5. The fourth-order valence-corrected chi connectivity index (χ4v) is 4.69. The quantitative estimate of drug-likeness (QED) is 0.410. The van der Waals surface area contributed by atoms with Crippen LogP contribution in [0.3, 0.4) is 0 Å². The van der Waals surface area contributed by atoms with Gasteiger partial charge in [-0.3, -0.25) is 9.36 Å². The van der Waals surface area contributed by atoms with Gasteiger partial charge in [0, 0.05) is 18.5 Å². The number of benzene rings is 1. The first-order valence-corrected chi connectivity index (χ1v) is 11.1. The number of allylic oxidation sites excluding steroid dienone is 1. The largest absolute Gasteiger partial charge is 0.469 e. The second-order valence-corrected chi connectivity index (χ2v) is 8.60. The summed E-state index contributed by atoms with van der Waals surface area (Å²) in [7, 11) is 0. The van der Waals surface area contributed by atoms with E-state index in [2.05, 4.69) is 46.4 Å². The van der Waals surface area contributed by atoms with Crippen LogP contribution in [0.2, 0.25) is 0 Å². The Kier molecular flexibility index (Phi) is 6.08. The van der Waals surface area contributed by atoms with Gasteiger partial charge in [-0.25, -0.2) is 0 Å². The Labute approximate surface area is 180 Å². The van der Waals surface area contributed by atoms with E-state index in [4.69, 9.17) is 4.42 Å². The first kappa shape index (κ1) is 20.5. The number of furan rings is 1. The van der Waals surface area contributed by atoms with Crippen LogP contribution in [0, 0.1) is 6.92 Å². The summed E-state index contributed by atoms with van der Waals surface area (Å²) in [4.78, 5) is 12.6. The molecule has 1 N–H and O–H groups in total. The average molecular weight is 423 g/mol. The van der Waals surface area contributed by atoms with Gasteiger partial charge in [0.2, 0.25) is 5.91 Å². The second-order valence-electron chi connectivity index (χ2n) is 7.66. The third kappa shape index (κ3) is 4.07. The van der Waals surface area contributed by atoms with Crippen molar-refractivity contribution in [2.24, 2.45) is 0 Å². The van der Waals surface area contributed by atoms with Crippen molar-refractivity contribution in [2.45, 2.75) is 43.3 Å². The monoisotopic (exact) mass is 422 g/mol. The van der Waals surface area contributed by atoms with Gasteiger partial charge in [-0.05, 0) is 31.4 Å². The van der Waals surface area contributed by atoms with Crippen LogP contribution >= 0.6 is 11.8 Å². The number of carbonyl (C=O) groups is 1. The third-order valence-electron chi connectivity index (χ3n) is 5.78. The lowest BCUT2D eigenvalue weighted by Crippen LogP contribution is -2.46. The minimum absolute atomic E-state index is 0.0106. The zero-order valence-electron chi connectivity index (χ0n) is 17.1. The van der Waals surface area contributed by atoms with Crippen molar-refractivity contribution in [1.29, 1.82) is 0 Å². The van der Waals surface area contributed by atoms with E-state index in [-0.39, 0.29) is 11.3 Å². The molecule has 30 heavy (non-hydrogen) atoms. The molecule has 0 atom stereocenters. The molecule has 1 saturated carbocycles. The molecule has 6 nitrogen and oxygen atoms in total. The first-order valence-electron chi connectivity index (χ1n) is 10.2. The Bertz CT molecular complexity index is 1020. The van der Waals surface area contributed by atoms with Gasteiger partial charge in [0.25, 0.3) is 0 Å². The molecule has 4 rings (SSSR count). The Morgan fingerprint density at radius 1 is 1.30 bits per heavy atom. The number of nitrogens with zero attached hydrogens (tertiary/aromatic N) is 3. The number of nitrogens with one attached hydrogen (secondary N) is 1. The average Bonchev–Trinajstić information content (AvgIpc) is 3.32. The van der Waals surface area contributed by atoms with Crippen molar-refractivity contribution in [1.82, 2.24) is 20.1 Å². The Balaban J connectivity index is 1.39. The number of aromatic nitrogens is 3. The van der Waals surface area contributed by atoms with Crippen molar-refractivity contribution >= 4 is 17.7 Å². The van der Waals surface area contributed by atoms with Gasteiger partial charge in [0.05, 0.1) is 17.6 Å². The molecule has 1 amide bonds. The molecule has 2 aromatic heterocycles. The van der Waals surface area contributed by atoms with Gasteiger partial charge in [-0.2, -0.15) is 0 Å². The zero-order valence-corrected chi connectivity index (χ0v) is 18.0. The molecule has 2 heterocycles. The first-order chi connectivity index (χ1) is 14.6. The van der Waals surface area contributed by atoms with E-state index in [1.54, 1.807) is 12.3 Å². The highest BCUT2D eigenvalue weighted by Gasteiger charge is 2.38. The van der Waals surface area contributed by atoms with Crippen molar-refractivity contribution in [2.75, 3.05) is 12.3 Å². The SMILES string of the molecule is C=CCn1c(SCC(=O)NCC2(c3ccccc3)CCC2)nnc1-c1ccoc1C. The summed E-state index contributed by atoms with van der Waals surface area (Å²) in [5.41, 5.74) is 2.29. The maximum absolute atomic E-state index is 12.6. The lowest BCUT2D eigenvalue weighted by molar-refractivity contribution is -0.119. The fourth-order valence-electron chi connectivity index (χ4n) is 3.92. The van der Waals surface area contributed by atoms with Crippen molar-refractivity contribution in [3.8, 4) is 11.4 Å². The summed E-state index contributed by atoms with van der Waals surface area (Å²) in [6, 6.07) is 12.4. The maximum Gasteiger partial charge on any atom is 0.230 e. The van der Waals surface area contributed by atoms with E-state index in [9.17, 15) is 4.79 Å². The Hall–Kier alpha value is -2.80. The molecule has 0 aliphatic heterocycles. The molecule has 156 valence electrons. The number of carbonyl (C=O) groups excluding carboxylic acids is 1. The van der Waals surface area contributed by atoms with Crippen LogP contribution in [0.4, 0.5) is 0 Å². The summed E-state index contributed by atoms with van der Waals surface area (Å²) in [6.07, 6.45) is 6.88. The summed E-state index contributed by atoms with van der Waals surface area (Å²) in [5.74, 6) is 1.82. The summed E-state index contributed by atoms with van der Waals surface area (Å²) in [5, 5.41) is 12.4. The third-order valence-corrected chi connectivity index (χ3v) is 6.75. The maximum atomic E-state index is 12.6. The zero-order chi connectivity index (χ0) is 21.0. The molecule has 0 bridgehead atoms. The lowest BCUT2D eigenvalue weighted by Gasteiger charge is -2.42. The van der Waals surface area contributed by atoms with Crippen LogP contribution in [0.25, 0.3) is 11.4 Å². The number of hydrogen-bond donors (Lipinski definition) is 1. The van der Waals surface area contributed by atoms with Crippen molar-refractivity contribution in [3.05, 3.63) is 66.6 Å². The van der Waals surface area contributed by atoms with Crippen LogP contribution in [0.5, 0.6) is 0 Å². The summed E-state index contributed by atoms with van der Waals surface area (Å²) in [6.45, 7) is 6.96. The van der Waals surface area contributed by atoms with E-state index in [1.165, 1.54) is 23.7 Å². The standard InChI is InChI=1S/C23H26N4O2S/c1-3-13-27-21(19-10-14-29-17(19)2)25-26-22(27)30-15-20(28)24-16-23(11-7-12-23)18-8-5-4-6-9-18/h3-6,8-10,14H,1,7,11-13,15-16H2,2H3,(H,24,28). The molecule has 0 unspecified atom stereocenters. The molecule has 1 aromatic carbocycles. The number of rotatable bonds is 9. The highest BCUT2D eigenvalue weighted by atomic mass is 32.2. The minimum atomic E-state index is 0.0106. The van der Waals surface area contributed by atoms with Crippen LogP contribution in [0.1, 0.15) is 30.6 Å².